The fourth-order valence-corrected chi connectivity index (χ4v) is 5.10. The molecule has 0 saturated heterocycles. The number of rotatable bonds is 4. The Hall–Kier alpha value is -0.450. The highest BCUT2D eigenvalue weighted by atomic mass is 32.2. The quantitative estimate of drug-likeness (QED) is 0.911. The van der Waals surface area contributed by atoms with Crippen molar-refractivity contribution in [2.75, 3.05) is 18.9 Å². The number of aryl methyl sites for hydroxylation is 1. The molecule has 0 fully saturated rings. The van der Waals surface area contributed by atoms with Gasteiger partial charge in [-0.1, -0.05) is 6.92 Å². The number of allylic oxidation sites excluding steroid dienone is 1. The first kappa shape index (κ1) is 13.5. The van der Waals surface area contributed by atoms with E-state index in [9.17, 15) is 0 Å². The van der Waals surface area contributed by atoms with Crippen molar-refractivity contribution in [3.63, 3.8) is 0 Å². The largest absolute Gasteiger partial charge is 0.496 e. The molecule has 0 amide bonds. The van der Waals surface area contributed by atoms with Gasteiger partial charge in [0.2, 0.25) is 0 Å². The molecule has 104 valence electrons. The van der Waals surface area contributed by atoms with Crippen molar-refractivity contribution in [1.82, 2.24) is 5.32 Å². The van der Waals surface area contributed by atoms with Crippen LogP contribution in [0.1, 0.15) is 41.1 Å². The van der Waals surface area contributed by atoms with Crippen molar-refractivity contribution < 1.29 is 4.74 Å². The first-order valence-corrected chi connectivity index (χ1v) is 9.11. The summed E-state index contributed by atoms with van der Waals surface area (Å²) in [7, 11) is 0. The molecule has 0 aromatic carbocycles. The molecule has 1 aromatic rings. The Morgan fingerprint density at radius 3 is 3.16 bits per heavy atom. The lowest BCUT2D eigenvalue weighted by Crippen LogP contribution is -2.24. The van der Waals surface area contributed by atoms with E-state index in [1.54, 1.807) is 10.4 Å². The van der Waals surface area contributed by atoms with Gasteiger partial charge in [0.05, 0.1) is 12.6 Å². The Balaban J connectivity index is 1.86. The predicted molar refractivity (Wildman–Crippen MR) is 83.9 cm³/mol. The van der Waals surface area contributed by atoms with Crippen LogP contribution in [0.25, 0.3) is 0 Å². The molecule has 0 spiro atoms. The van der Waals surface area contributed by atoms with Crippen LogP contribution in [0.3, 0.4) is 0 Å². The fourth-order valence-electron chi connectivity index (χ4n) is 2.64. The van der Waals surface area contributed by atoms with Gasteiger partial charge in [-0.15, -0.1) is 11.3 Å². The van der Waals surface area contributed by atoms with Gasteiger partial charge in [0.15, 0.2) is 0 Å². The normalized spacial score (nSPS) is 20.4. The van der Waals surface area contributed by atoms with E-state index in [1.807, 2.05) is 11.3 Å². The van der Waals surface area contributed by atoms with Crippen LogP contribution in [0.5, 0.6) is 0 Å². The van der Waals surface area contributed by atoms with Crippen molar-refractivity contribution >= 4 is 23.1 Å². The molecule has 0 bridgehead atoms. The zero-order valence-corrected chi connectivity index (χ0v) is 13.0. The average Bonchev–Trinajstić information content (AvgIpc) is 2.89. The minimum absolute atomic E-state index is 0.269. The summed E-state index contributed by atoms with van der Waals surface area (Å²) in [6.45, 7) is 4.01. The minimum atomic E-state index is 0.269. The average molecular weight is 295 g/mol. The SMILES string of the molecule is CCNC(C1=CCCCO1)c1cc2c(s1)CCSC2. The van der Waals surface area contributed by atoms with Gasteiger partial charge in [0.1, 0.15) is 5.76 Å². The number of thiophene rings is 1. The van der Waals surface area contributed by atoms with Gasteiger partial charge in [0.25, 0.3) is 0 Å². The number of likely N-dealkylation sites (N-methyl/N-ethyl adjacent to an activating group) is 1. The number of hydrogen-bond acceptors (Lipinski definition) is 4. The maximum atomic E-state index is 5.88. The summed E-state index contributed by atoms with van der Waals surface area (Å²) < 4.78 is 5.88. The van der Waals surface area contributed by atoms with Crippen LogP contribution in [0.15, 0.2) is 17.9 Å². The molecule has 19 heavy (non-hydrogen) atoms. The maximum absolute atomic E-state index is 5.88. The second-order valence-electron chi connectivity index (χ2n) is 4.99. The molecule has 2 aliphatic rings. The molecule has 1 aromatic heterocycles. The van der Waals surface area contributed by atoms with E-state index < -0.39 is 0 Å². The molecule has 0 radical (unpaired) electrons. The van der Waals surface area contributed by atoms with Crippen LogP contribution in [0.4, 0.5) is 0 Å². The molecule has 1 unspecified atom stereocenters. The monoisotopic (exact) mass is 295 g/mol. The van der Waals surface area contributed by atoms with Crippen LogP contribution >= 0.6 is 23.1 Å². The van der Waals surface area contributed by atoms with E-state index in [4.69, 9.17) is 4.74 Å². The topological polar surface area (TPSA) is 21.3 Å². The summed E-state index contributed by atoms with van der Waals surface area (Å²) in [5, 5.41) is 3.59. The van der Waals surface area contributed by atoms with Crippen molar-refractivity contribution in [3.8, 4) is 0 Å². The molecule has 0 aliphatic carbocycles. The Labute approximate surface area is 123 Å². The van der Waals surface area contributed by atoms with Crippen LogP contribution in [-0.2, 0) is 16.9 Å². The molecule has 0 saturated carbocycles. The zero-order valence-electron chi connectivity index (χ0n) is 11.4. The van der Waals surface area contributed by atoms with E-state index in [0.717, 1.165) is 31.8 Å². The first-order valence-electron chi connectivity index (χ1n) is 7.14. The summed E-state index contributed by atoms with van der Waals surface area (Å²) in [6.07, 6.45) is 5.81. The number of nitrogens with one attached hydrogen (secondary N) is 1. The maximum Gasteiger partial charge on any atom is 0.114 e. The predicted octanol–water partition coefficient (Wildman–Crippen LogP) is 3.88. The molecule has 3 rings (SSSR count). The van der Waals surface area contributed by atoms with Crippen LogP contribution in [0, 0.1) is 0 Å². The van der Waals surface area contributed by atoms with Crippen LogP contribution < -0.4 is 5.32 Å². The van der Waals surface area contributed by atoms with E-state index in [1.165, 1.54) is 22.8 Å². The van der Waals surface area contributed by atoms with Crippen molar-refractivity contribution in [2.24, 2.45) is 0 Å². The Morgan fingerprint density at radius 1 is 1.47 bits per heavy atom. The lowest BCUT2D eigenvalue weighted by Gasteiger charge is -2.23. The summed E-state index contributed by atoms with van der Waals surface area (Å²) >= 11 is 4.03. The highest BCUT2D eigenvalue weighted by molar-refractivity contribution is 7.98. The molecule has 2 aliphatic heterocycles. The van der Waals surface area contributed by atoms with Gasteiger partial charge < -0.3 is 10.1 Å². The van der Waals surface area contributed by atoms with Gasteiger partial charge in [-0.2, -0.15) is 11.8 Å². The molecule has 1 N–H and O–H groups in total. The Bertz CT molecular complexity index is 443. The van der Waals surface area contributed by atoms with Gasteiger partial charge in [-0.3, -0.25) is 0 Å². The van der Waals surface area contributed by atoms with Gasteiger partial charge in [-0.05, 0) is 49.3 Å². The molecule has 2 nitrogen and oxygen atoms in total. The third-order valence-electron chi connectivity index (χ3n) is 3.59. The third-order valence-corrected chi connectivity index (χ3v) is 5.90. The van der Waals surface area contributed by atoms with Gasteiger partial charge >= 0.3 is 0 Å². The molecule has 3 heterocycles. The molecular formula is C15H21NOS2. The molecular weight excluding hydrogens is 274 g/mol. The first-order chi connectivity index (χ1) is 9.38. The number of ether oxygens (including phenoxy) is 1. The lowest BCUT2D eigenvalue weighted by molar-refractivity contribution is 0.169. The smallest absolute Gasteiger partial charge is 0.114 e. The van der Waals surface area contributed by atoms with E-state index in [0.29, 0.717) is 0 Å². The van der Waals surface area contributed by atoms with E-state index in [-0.39, 0.29) is 6.04 Å². The number of thioether (sulfide) groups is 1. The highest BCUT2D eigenvalue weighted by Gasteiger charge is 2.23. The molecule has 4 heteroatoms. The van der Waals surface area contributed by atoms with Gasteiger partial charge in [-0.25, -0.2) is 0 Å². The zero-order chi connectivity index (χ0) is 13.1. The number of fused-ring (bicyclic) bond motifs is 1. The van der Waals surface area contributed by atoms with E-state index in [2.05, 4.69) is 36.1 Å². The summed E-state index contributed by atoms with van der Waals surface area (Å²) in [5.41, 5.74) is 1.55. The standard InChI is InChI=1S/C15H21NOS2/c1-2-16-15(12-5-3-4-7-17-12)14-9-11-10-18-8-6-13(11)19-14/h5,9,15-16H,2-4,6-8,10H2,1H3. The summed E-state index contributed by atoms with van der Waals surface area (Å²) in [5.74, 6) is 3.60. The fraction of sp³-hybridized carbons (Fsp3) is 0.600. The Kier molecular flexibility index (Phi) is 4.51. The molecule has 1 atom stereocenters. The van der Waals surface area contributed by atoms with Crippen LogP contribution in [-0.4, -0.2) is 18.9 Å². The van der Waals surface area contributed by atoms with Crippen LogP contribution in [0.2, 0.25) is 0 Å². The van der Waals surface area contributed by atoms with Crippen molar-refractivity contribution in [2.45, 2.75) is 38.0 Å². The van der Waals surface area contributed by atoms with E-state index >= 15 is 0 Å². The number of hydrogen-bond donors (Lipinski definition) is 1. The third kappa shape index (κ3) is 3.01. The summed E-state index contributed by atoms with van der Waals surface area (Å²) in [6, 6.07) is 2.67. The lowest BCUT2D eigenvalue weighted by atomic mass is 10.1. The van der Waals surface area contributed by atoms with Gasteiger partial charge in [0, 0.05) is 15.5 Å². The van der Waals surface area contributed by atoms with Crippen molar-refractivity contribution in [3.05, 3.63) is 33.2 Å². The van der Waals surface area contributed by atoms with Crippen molar-refractivity contribution in [1.29, 1.82) is 0 Å². The second kappa shape index (κ2) is 6.33. The minimum Gasteiger partial charge on any atom is -0.496 e. The Morgan fingerprint density at radius 2 is 2.42 bits per heavy atom. The highest BCUT2D eigenvalue weighted by Crippen LogP contribution is 2.37. The summed E-state index contributed by atoms with van der Waals surface area (Å²) in [4.78, 5) is 3.02. The second-order valence-corrected chi connectivity index (χ2v) is 7.26.